The minimum absolute atomic E-state index is 0.0971. The second kappa shape index (κ2) is 7.37. The van der Waals surface area contributed by atoms with Crippen LogP contribution in [-0.4, -0.2) is 21.4 Å². The number of hydrogen-bond donors (Lipinski definition) is 1. The van der Waals surface area contributed by atoms with Gasteiger partial charge in [-0.2, -0.15) is 0 Å². The summed E-state index contributed by atoms with van der Waals surface area (Å²) in [5.74, 6) is -0.328. The van der Waals surface area contributed by atoms with Gasteiger partial charge in [0.05, 0.1) is 5.69 Å². The van der Waals surface area contributed by atoms with Crippen LogP contribution in [0.15, 0.2) is 48.5 Å². The summed E-state index contributed by atoms with van der Waals surface area (Å²) in [7, 11) is 0. The van der Waals surface area contributed by atoms with Gasteiger partial charge in [-0.15, -0.1) is 0 Å². The molecule has 0 bridgehead atoms. The molecule has 3 rings (SSSR count). The molecule has 2 aromatic carbocycles. The number of anilines is 2. The number of thiocarbonyl (C=S) groups is 1. The highest BCUT2D eigenvalue weighted by Gasteiger charge is 2.39. The van der Waals surface area contributed by atoms with Crippen molar-refractivity contribution in [1.29, 1.82) is 0 Å². The molecule has 0 spiro atoms. The first-order valence-corrected chi connectivity index (χ1v) is 9.20. The van der Waals surface area contributed by atoms with Gasteiger partial charge < -0.3 is 5.32 Å². The number of nitrogens with one attached hydrogen (secondary N) is 1. The second-order valence-corrected chi connectivity index (χ2v) is 7.84. The average Bonchev–Trinajstić information content (AvgIpc) is 2.81. The van der Waals surface area contributed by atoms with Gasteiger partial charge in [0.1, 0.15) is 9.57 Å². The maximum absolute atomic E-state index is 12.7. The Kier molecular flexibility index (Phi) is 5.20. The summed E-state index contributed by atoms with van der Waals surface area (Å²) < 4.78 is 0.490. The third-order valence-corrected chi connectivity index (χ3v) is 5.36. The highest BCUT2D eigenvalue weighted by Crippen LogP contribution is 2.34. The fourth-order valence-corrected chi connectivity index (χ4v) is 4.22. The lowest BCUT2D eigenvalue weighted by Gasteiger charge is -2.16. The zero-order valence-electron chi connectivity index (χ0n) is 14.0. The Morgan fingerprint density at radius 2 is 1.84 bits per heavy atom. The van der Waals surface area contributed by atoms with Crippen LogP contribution in [0.1, 0.15) is 17.5 Å². The largest absolute Gasteiger partial charge is 0.326 e. The zero-order valence-corrected chi connectivity index (χ0v) is 15.6. The second-order valence-electron chi connectivity index (χ2n) is 6.01. The van der Waals surface area contributed by atoms with Crippen LogP contribution in [0.2, 0.25) is 0 Å². The Balaban J connectivity index is 1.69. The van der Waals surface area contributed by atoms with E-state index >= 15 is 0 Å². The summed E-state index contributed by atoms with van der Waals surface area (Å²) in [5.41, 5.74) is 3.61. The van der Waals surface area contributed by atoms with Crippen molar-refractivity contribution >= 4 is 51.5 Å². The molecule has 1 atom stereocenters. The van der Waals surface area contributed by atoms with E-state index in [1.54, 1.807) is 0 Å². The van der Waals surface area contributed by atoms with Gasteiger partial charge in [-0.05, 0) is 49.2 Å². The molecule has 0 aliphatic carbocycles. The molecule has 1 aliphatic heterocycles. The summed E-state index contributed by atoms with van der Waals surface area (Å²) >= 11 is 6.63. The van der Waals surface area contributed by atoms with Crippen molar-refractivity contribution in [2.24, 2.45) is 0 Å². The number of nitrogens with zero attached hydrogens (tertiary/aromatic N) is 1. The first-order valence-electron chi connectivity index (χ1n) is 7.92. The van der Waals surface area contributed by atoms with E-state index in [1.165, 1.54) is 16.7 Å². The number of carbonyl (C=O) groups excluding carboxylic acids is 2. The summed E-state index contributed by atoms with van der Waals surface area (Å²) in [6.45, 7) is 3.93. The first kappa shape index (κ1) is 17.6. The molecule has 128 valence electrons. The fraction of sp³-hybridized carbons (Fsp3) is 0.211. The Morgan fingerprint density at radius 1 is 1.16 bits per heavy atom. The third-order valence-electron chi connectivity index (χ3n) is 3.85. The number of hydrogen-bond acceptors (Lipinski definition) is 4. The van der Waals surface area contributed by atoms with E-state index < -0.39 is 5.25 Å². The van der Waals surface area contributed by atoms with E-state index in [0.29, 0.717) is 4.32 Å². The molecule has 2 amide bonds. The van der Waals surface area contributed by atoms with Crippen LogP contribution in [0.3, 0.4) is 0 Å². The molecule has 6 heteroatoms. The zero-order chi connectivity index (χ0) is 18.0. The molecule has 2 aromatic rings. The highest BCUT2D eigenvalue weighted by molar-refractivity contribution is 8.25. The van der Waals surface area contributed by atoms with E-state index in [4.69, 9.17) is 12.2 Å². The van der Waals surface area contributed by atoms with Gasteiger partial charge in [0, 0.05) is 12.1 Å². The predicted octanol–water partition coefficient (Wildman–Crippen LogP) is 4.07. The summed E-state index contributed by atoms with van der Waals surface area (Å²) in [4.78, 5) is 26.5. The van der Waals surface area contributed by atoms with Crippen molar-refractivity contribution in [2.75, 3.05) is 10.2 Å². The fourth-order valence-electron chi connectivity index (χ4n) is 2.69. The quantitative estimate of drug-likeness (QED) is 0.825. The maximum Gasteiger partial charge on any atom is 0.246 e. The predicted molar refractivity (Wildman–Crippen MR) is 107 cm³/mol. The van der Waals surface area contributed by atoms with Gasteiger partial charge in [0.15, 0.2) is 0 Å². The van der Waals surface area contributed by atoms with Crippen molar-refractivity contribution in [3.8, 4) is 0 Å². The van der Waals surface area contributed by atoms with Crippen LogP contribution < -0.4 is 10.2 Å². The van der Waals surface area contributed by atoms with Gasteiger partial charge in [-0.1, -0.05) is 48.2 Å². The Labute approximate surface area is 156 Å². The van der Waals surface area contributed by atoms with Gasteiger partial charge in [0.2, 0.25) is 11.8 Å². The molecule has 25 heavy (non-hydrogen) atoms. The van der Waals surface area contributed by atoms with Crippen LogP contribution in [0, 0.1) is 13.8 Å². The molecule has 1 fully saturated rings. The summed E-state index contributed by atoms with van der Waals surface area (Å²) in [6.07, 6.45) is 0.0971. The maximum atomic E-state index is 12.7. The van der Waals surface area contributed by atoms with Crippen molar-refractivity contribution in [1.82, 2.24) is 0 Å². The van der Waals surface area contributed by atoms with Crippen LogP contribution in [0.4, 0.5) is 11.4 Å². The van der Waals surface area contributed by atoms with Crippen molar-refractivity contribution < 1.29 is 9.59 Å². The lowest BCUT2D eigenvalue weighted by molar-refractivity contribution is -0.121. The Bertz CT molecular complexity index is 851. The lowest BCUT2D eigenvalue weighted by Crippen LogP contribution is -2.32. The van der Waals surface area contributed by atoms with Gasteiger partial charge in [-0.3, -0.25) is 14.5 Å². The third kappa shape index (κ3) is 4.08. The topological polar surface area (TPSA) is 49.4 Å². The standard InChI is InChI=1S/C19H18N2O2S2/c1-12-5-3-7-14(9-12)20-17(22)11-16-18(23)21(19(24)25-16)15-8-4-6-13(2)10-15/h3-10,16H,11H2,1-2H3,(H,20,22). The lowest BCUT2D eigenvalue weighted by atomic mass is 10.2. The molecule has 1 saturated heterocycles. The molecular formula is C19H18N2O2S2. The normalized spacial score (nSPS) is 17.0. The SMILES string of the molecule is Cc1cccc(NC(=O)CC2SC(=S)N(c3cccc(C)c3)C2=O)c1. The minimum atomic E-state index is -0.488. The van der Waals surface area contributed by atoms with Crippen LogP contribution in [0.25, 0.3) is 0 Å². The van der Waals surface area contributed by atoms with E-state index in [2.05, 4.69) is 5.32 Å². The minimum Gasteiger partial charge on any atom is -0.326 e. The van der Waals surface area contributed by atoms with E-state index in [-0.39, 0.29) is 18.2 Å². The summed E-state index contributed by atoms with van der Waals surface area (Å²) in [6, 6.07) is 15.2. The molecule has 1 unspecified atom stereocenters. The van der Waals surface area contributed by atoms with Gasteiger partial charge in [-0.25, -0.2) is 0 Å². The number of thioether (sulfide) groups is 1. The van der Waals surface area contributed by atoms with E-state index in [1.807, 2.05) is 62.4 Å². The van der Waals surface area contributed by atoms with Crippen LogP contribution in [0.5, 0.6) is 0 Å². The molecule has 1 N–H and O–H groups in total. The van der Waals surface area contributed by atoms with Crippen LogP contribution >= 0.6 is 24.0 Å². The molecular weight excluding hydrogens is 352 g/mol. The Hall–Kier alpha value is -2.18. The number of aryl methyl sites for hydroxylation is 2. The van der Waals surface area contributed by atoms with Crippen molar-refractivity contribution in [3.63, 3.8) is 0 Å². The van der Waals surface area contributed by atoms with Crippen molar-refractivity contribution in [2.45, 2.75) is 25.5 Å². The Morgan fingerprint density at radius 3 is 2.52 bits per heavy atom. The highest BCUT2D eigenvalue weighted by atomic mass is 32.2. The molecule has 0 saturated carbocycles. The molecule has 1 aliphatic rings. The van der Waals surface area contributed by atoms with Gasteiger partial charge >= 0.3 is 0 Å². The van der Waals surface area contributed by atoms with E-state index in [9.17, 15) is 9.59 Å². The van der Waals surface area contributed by atoms with E-state index in [0.717, 1.165) is 22.5 Å². The molecule has 0 aromatic heterocycles. The molecule has 4 nitrogen and oxygen atoms in total. The molecule has 0 radical (unpaired) electrons. The van der Waals surface area contributed by atoms with Crippen LogP contribution in [-0.2, 0) is 9.59 Å². The number of carbonyl (C=O) groups is 2. The van der Waals surface area contributed by atoms with Gasteiger partial charge in [0.25, 0.3) is 0 Å². The number of amides is 2. The number of benzene rings is 2. The monoisotopic (exact) mass is 370 g/mol. The average molecular weight is 370 g/mol. The number of rotatable bonds is 4. The smallest absolute Gasteiger partial charge is 0.246 e. The molecule has 1 heterocycles. The first-order chi connectivity index (χ1) is 11.9. The summed E-state index contributed by atoms with van der Waals surface area (Å²) in [5, 5.41) is 2.35. The van der Waals surface area contributed by atoms with Crippen molar-refractivity contribution in [3.05, 3.63) is 59.7 Å².